The number of rotatable bonds is 7. The van der Waals surface area contributed by atoms with Crippen molar-refractivity contribution < 1.29 is 0 Å². The van der Waals surface area contributed by atoms with Crippen LogP contribution in [0.5, 0.6) is 0 Å². The van der Waals surface area contributed by atoms with E-state index in [1.54, 1.807) is 0 Å². The Bertz CT molecular complexity index is 168. The molecule has 0 radical (unpaired) electrons. The Morgan fingerprint density at radius 1 is 1.12 bits per heavy atom. The average molecular weight is 225 g/mol. The third-order valence-electron chi connectivity index (χ3n) is 4.63. The van der Waals surface area contributed by atoms with Crippen LogP contribution in [0.4, 0.5) is 0 Å². The van der Waals surface area contributed by atoms with E-state index in [1.807, 2.05) is 0 Å². The predicted octanol–water partition coefficient (Wildman–Crippen LogP) is 4.37. The maximum Gasteiger partial charge on any atom is 0.000759 e. The molecular weight excluding hydrogens is 194 g/mol. The Hall–Kier alpha value is -0.0400. The number of unbranched alkanes of at least 4 members (excludes halogenated alkanes) is 1. The lowest BCUT2D eigenvalue weighted by molar-refractivity contribution is 0.134. The van der Waals surface area contributed by atoms with Crippen molar-refractivity contribution in [3.8, 4) is 0 Å². The summed E-state index contributed by atoms with van der Waals surface area (Å²) >= 11 is 0. The maximum absolute atomic E-state index is 3.57. The van der Waals surface area contributed by atoms with E-state index in [0.717, 1.165) is 12.5 Å². The molecule has 1 fully saturated rings. The molecule has 0 aliphatic heterocycles. The Labute approximate surface area is 102 Å². The van der Waals surface area contributed by atoms with Crippen molar-refractivity contribution in [1.29, 1.82) is 0 Å². The van der Waals surface area contributed by atoms with Gasteiger partial charge < -0.3 is 5.32 Å². The smallest absolute Gasteiger partial charge is 0.000759 e. The number of nitrogens with one attached hydrogen (secondary N) is 1. The fraction of sp³-hybridized carbons (Fsp3) is 1.00. The molecule has 1 rings (SSSR count). The zero-order valence-corrected chi connectivity index (χ0v) is 11.6. The molecule has 16 heavy (non-hydrogen) atoms. The first-order valence-corrected chi connectivity index (χ1v) is 7.47. The van der Waals surface area contributed by atoms with E-state index in [0.29, 0.717) is 5.41 Å². The lowest BCUT2D eigenvalue weighted by Gasteiger charge is -2.40. The van der Waals surface area contributed by atoms with E-state index in [2.05, 4.69) is 26.1 Å². The van der Waals surface area contributed by atoms with Crippen molar-refractivity contribution in [3.05, 3.63) is 0 Å². The highest BCUT2D eigenvalue weighted by molar-refractivity contribution is 4.86. The molecule has 1 aliphatic rings. The van der Waals surface area contributed by atoms with Crippen LogP contribution in [0.3, 0.4) is 0 Å². The van der Waals surface area contributed by atoms with Gasteiger partial charge in [-0.1, -0.05) is 40.0 Å². The number of hydrogen-bond donors (Lipinski definition) is 1. The monoisotopic (exact) mass is 225 g/mol. The Kier molecular flexibility index (Phi) is 6.41. The normalized spacial score (nSPS) is 30.6. The van der Waals surface area contributed by atoms with Crippen molar-refractivity contribution in [3.63, 3.8) is 0 Å². The summed E-state index contributed by atoms with van der Waals surface area (Å²) in [5.41, 5.74) is 0.638. The molecule has 0 amide bonds. The van der Waals surface area contributed by atoms with Crippen LogP contribution in [0, 0.1) is 11.3 Å². The van der Waals surface area contributed by atoms with Crippen molar-refractivity contribution in [1.82, 2.24) is 5.32 Å². The second-order valence-corrected chi connectivity index (χ2v) is 5.72. The third-order valence-corrected chi connectivity index (χ3v) is 4.63. The highest BCUT2D eigenvalue weighted by Gasteiger charge is 2.32. The first-order chi connectivity index (χ1) is 7.76. The van der Waals surface area contributed by atoms with E-state index in [4.69, 9.17) is 0 Å². The van der Waals surface area contributed by atoms with Gasteiger partial charge in [-0.15, -0.1) is 0 Å². The molecule has 1 N–H and O–H groups in total. The standard InChI is InChI=1S/C15H31N/c1-4-7-8-14-9-11-15(5-2,12-10-14)13-16-6-3/h14,16H,4-13H2,1-3H3. The van der Waals surface area contributed by atoms with Crippen molar-refractivity contribution in [2.45, 2.75) is 72.1 Å². The summed E-state index contributed by atoms with van der Waals surface area (Å²) in [5.74, 6) is 1.04. The molecule has 0 bridgehead atoms. The molecule has 0 spiro atoms. The minimum atomic E-state index is 0.638. The molecule has 1 nitrogen and oxygen atoms in total. The largest absolute Gasteiger partial charge is 0.316 e. The van der Waals surface area contributed by atoms with Crippen LogP contribution < -0.4 is 5.32 Å². The van der Waals surface area contributed by atoms with Crippen molar-refractivity contribution in [2.75, 3.05) is 13.1 Å². The summed E-state index contributed by atoms with van der Waals surface area (Å²) in [6, 6.07) is 0. The SMILES string of the molecule is CCCCC1CCC(CC)(CNCC)CC1. The Morgan fingerprint density at radius 3 is 2.31 bits per heavy atom. The van der Waals surface area contributed by atoms with E-state index in [9.17, 15) is 0 Å². The highest BCUT2D eigenvalue weighted by atomic mass is 14.9. The lowest BCUT2D eigenvalue weighted by Crippen LogP contribution is -2.37. The van der Waals surface area contributed by atoms with Crippen LogP contribution in [0.1, 0.15) is 72.1 Å². The molecule has 0 aromatic rings. The molecule has 1 saturated carbocycles. The molecule has 0 aromatic heterocycles. The summed E-state index contributed by atoms with van der Waals surface area (Å²) < 4.78 is 0. The van der Waals surface area contributed by atoms with Gasteiger partial charge in [0.05, 0.1) is 0 Å². The van der Waals surface area contributed by atoms with Crippen molar-refractivity contribution in [2.24, 2.45) is 11.3 Å². The molecule has 1 heteroatoms. The van der Waals surface area contributed by atoms with E-state index in [1.165, 1.54) is 57.9 Å². The quantitative estimate of drug-likeness (QED) is 0.678. The first kappa shape index (κ1) is 14.0. The van der Waals surface area contributed by atoms with Gasteiger partial charge in [-0.25, -0.2) is 0 Å². The molecule has 0 heterocycles. The van der Waals surface area contributed by atoms with Crippen LogP contribution >= 0.6 is 0 Å². The van der Waals surface area contributed by atoms with Gasteiger partial charge in [0.15, 0.2) is 0 Å². The highest BCUT2D eigenvalue weighted by Crippen LogP contribution is 2.42. The molecule has 0 saturated heterocycles. The topological polar surface area (TPSA) is 12.0 Å². The minimum absolute atomic E-state index is 0.638. The Morgan fingerprint density at radius 2 is 1.81 bits per heavy atom. The van der Waals surface area contributed by atoms with Crippen LogP contribution in [0.25, 0.3) is 0 Å². The zero-order valence-electron chi connectivity index (χ0n) is 11.6. The lowest BCUT2D eigenvalue weighted by atomic mass is 9.68. The van der Waals surface area contributed by atoms with Crippen LogP contribution in [-0.4, -0.2) is 13.1 Å². The van der Waals surface area contributed by atoms with E-state index >= 15 is 0 Å². The van der Waals surface area contributed by atoms with Gasteiger partial charge in [0.25, 0.3) is 0 Å². The van der Waals surface area contributed by atoms with Crippen LogP contribution in [0.15, 0.2) is 0 Å². The second-order valence-electron chi connectivity index (χ2n) is 5.72. The van der Waals surface area contributed by atoms with Gasteiger partial charge in [0.2, 0.25) is 0 Å². The maximum atomic E-state index is 3.57. The summed E-state index contributed by atoms with van der Waals surface area (Å²) in [4.78, 5) is 0. The summed E-state index contributed by atoms with van der Waals surface area (Å²) in [6.07, 6.45) is 11.6. The van der Waals surface area contributed by atoms with Crippen LogP contribution in [0.2, 0.25) is 0 Å². The summed E-state index contributed by atoms with van der Waals surface area (Å²) in [6.45, 7) is 9.28. The van der Waals surface area contributed by atoms with Gasteiger partial charge in [-0.05, 0) is 50.0 Å². The van der Waals surface area contributed by atoms with Gasteiger partial charge in [0.1, 0.15) is 0 Å². The van der Waals surface area contributed by atoms with Gasteiger partial charge in [0, 0.05) is 6.54 Å². The van der Waals surface area contributed by atoms with E-state index < -0.39 is 0 Å². The van der Waals surface area contributed by atoms with Crippen LogP contribution in [-0.2, 0) is 0 Å². The second kappa shape index (κ2) is 7.32. The van der Waals surface area contributed by atoms with Crippen molar-refractivity contribution >= 4 is 0 Å². The molecule has 1 aliphatic carbocycles. The minimum Gasteiger partial charge on any atom is -0.316 e. The number of hydrogen-bond acceptors (Lipinski definition) is 1. The average Bonchev–Trinajstić information content (AvgIpc) is 2.35. The van der Waals surface area contributed by atoms with Gasteiger partial charge in [-0.3, -0.25) is 0 Å². The van der Waals surface area contributed by atoms with Gasteiger partial charge >= 0.3 is 0 Å². The molecule has 0 atom stereocenters. The zero-order chi connectivity index (χ0) is 11.9. The Balaban J connectivity index is 2.31. The summed E-state index contributed by atoms with van der Waals surface area (Å²) in [7, 11) is 0. The summed E-state index contributed by atoms with van der Waals surface area (Å²) in [5, 5.41) is 3.57. The molecule has 96 valence electrons. The molecular formula is C15H31N. The molecule has 0 unspecified atom stereocenters. The van der Waals surface area contributed by atoms with E-state index in [-0.39, 0.29) is 0 Å². The predicted molar refractivity (Wildman–Crippen MR) is 72.8 cm³/mol. The fourth-order valence-electron chi connectivity index (χ4n) is 3.12. The first-order valence-electron chi connectivity index (χ1n) is 7.47. The van der Waals surface area contributed by atoms with Gasteiger partial charge in [-0.2, -0.15) is 0 Å². The fourth-order valence-corrected chi connectivity index (χ4v) is 3.12. The molecule has 0 aromatic carbocycles. The third kappa shape index (κ3) is 4.08.